The molecule has 0 saturated carbocycles. The van der Waals surface area contributed by atoms with E-state index in [0.717, 1.165) is 0 Å². The van der Waals surface area contributed by atoms with Gasteiger partial charge in [-0.25, -0.2) is 8.42 Å². The topological polar surface area (TPSA) is 63.7 Å². The van der Waals surface area contributed by atoms with Gasteiger partial charge in [-0.15, -0.1) is 0 Å². The van der Waals surface area contributed by atoms with Gasteiger partial charge in [-0.3, -0.25) is 4.79 Å². The minimum absolute atomic E-state index is 0.0998. The summed E-state index contributed by atoms with van der Waals surface area (Å²) in [5.41, 5.74) is 0.367. The summed E-state index contributed by atoms with van der Waals surface area (Å²) in [4.78, 5) is 10.9. The molecule has 1 aliphatic heterocycles. The van der Waals surface area contributed by atoms with Gasteiger partial charge in [0.15, 0.2) is 0 Å². The molecule has 0 amide bonds. The van der Waals surface area contributed by atoms with Crippen LogP contribution in [0.5, 0.6) is 0 Å². The molecule has 0 aromatic heterocycles. The number of hydrogen-bond acceptors (Lipinski definition) is 4. The van der Waals surface area contributed by atoms with Crippen LogP contribution in [0.1, 0.15) is 23.7 Å². The molecule has 5 nitrogen and oxygen atoms in total. The molecule has 1 aliphatic rings. The Bertz CT molecular complexity index is 585. The van der Waals surface area contributed by atoms with Crippen LogP contribution < -0.4 is 0 Å². The number of piperidine rings is 1. The zero-order chi connectivity index (χ0) is 14.8. The molecular formula is C14H19NO4S. The summed E-state index contributed by atoms with van der Waals surface area (Å²) in [5, 5.41) is 0. The van der Waals surface area contributed by atoms with Gasteiger partial charge < -0.3 is 4.74 Å². The lowest BCUT2D eigenvalue weighted by atomic mass is 9.98. The number of ether oxygens (including phenoxy) is 1. The molecule has 1 aromatic carbocycles. The highest BCUT2D eigenvalue weighted by Gasteiger charge is 2.33. The summed E-state index contributed by atoms with van der Waals surface area (Å²) in [6, 6.07) is 6.11. The quantitative estimate of drug-likeness (QED) is 0.791. The van der Waals surface area contributed by atoms with E-state index in [1.165, 1.54) is 16.4 Å². The fraction of sp³-hybridized carbons (Fsp3) is 0.500. The first-order chi connectivity index (χ1) is 9.48. The molecule has 2 atom stereocenters. The van der Waals surface area contributed by atoms with Crippen LogP contribution in [0.2, 0.25) is 0 Å². The van der Waals surface area contributed by atoms with Crippen LogP contribution >= 0.6 is 0 Å². The van der Waals surface area contributed by atoms with E-state index in [0.29, 0.717) is 31.4 Å². The van der Waals surface area contributed by atoms with E-state index < -0.39 is 10.0 Å². The summed E-state index contributed by atoms with van der Waals surface area (Å²) in [6.45, 7) is 2.86. The van der Waals surface area contributed by atoms with Crippen LogP contribution in [0, 0.1) is 5.92 Å². The van der Waals surface area contributed by atoms with Crippen LogP contribution in [-0.2, 0) is 14.8 Å². The number of methoxy groups -OCH3 is 1. The number of benzene rings is 1. The third kappa shape index (κ3) is 2.92. The predicted molar refractivity (Wildman–Crippen MR) is 75.2 cm³/mol. The fourth-order valence-corrected chi connectivity index (χ4v) is 4.16. The molecule has 0 spiro atoms. The molecule has 2 unspecified atom stereocenters. The second-order valence-electron chi connectivity index (χ2n) is 5.09. The van der Waals surface area contributed by atoms with Crippen molar-refractivity contribution >= 4 is 16.3 Å². The van der Waals surface area contributed by atoms with Gasteiger partial charge >= 0.3 is 0 Å². The third-order valence-corrected chi connectivity index (χ3v) is 5.59. The van der Waals surface area contributed by atoms with E-state index in [9.17, 15) is 13.2 Å². The second-order valence-corrected chi connectivity index (χ2v) is 7.03. The Balaban J connectivity index is 2.24. The minimum Gasteiger partial charge on any atom is -0.381 e. The van der Waals surface area contributed by atoms with Crippen molar-refractivity contribution in [2.24, 2.45) is 5.92 Å². The number of nitrogens with zero attached hydrogens (tertiary/aromatic N) is 1. The highest BCUT2D eigenvalue weighted by molar-refractivity contribution is 7.89. The normalized spacial score (nSPS) is 24.5. The summed E-state index contributed by atoms with van der Waals surface area (Å²) >= 11 is 0. The fourth-order valence-electron chi connectivity index (χ4n) is 2.55. The zero-order valence-electron chi connectivity index (χ0n) is 11.7. The lowest BCUT2D eigenvalue weighted by molar-refractivity contribution is 0.0201. The van der Waals surface area contributed by atoms with Crippen molar-refractivity contribution in [2.45, 2.75) is 24.3 Å². The largest absolute Gasteiger partial charge is 0.381 e. The number of carbonyl (C=O) groups is 1. The number of rotatable bonds is 4. The van der Waals surface area contributed by atoms with Crippen LogP contribution in [0.25, 0.3) is 0 Å². The molecular weight excluding hydrogens is 278 g/mol. The Morgan fingerprint density at radius 3 is 2.75 bits per heavy atom. The summed E-state index contributed by atoms with van der Waals surface area (Å²) in [5.74, 6) is 0.151. The van der Waals surface area contributed by atoms with Gasteiger partial charge in [0.2, 0.25) is 10.0 Å². The van der Waals surface area contributed by atoms with Crippen molar-refractivity contribution in [2.75, 3.05) is 20.2 Å². The van der Waals surface area contributed by atoms with Gasteiger partial charge in [-0.05, 0) is 24.5 Å². The Hall–Kier alpha value is -1.24. The SMILES string of the molecule is COC1CCN(S(=O)(=O)c2cccc(C=O)c2)CC1C. The Kier molecular flexibility index (Phi) is 4.57. The van der Waals surface area contributed by atoms with Gasteiger partial charge in [0.1, 0.15) is 6.29 Å². The molecule has 0 N–H and O–H groups in total. The molecule has 2 rings (SSSR count). The van der Waals surface area contributed by atoms with Crippen LogP contribution in [0.15, 0.2) is 29.2 Å². The van der Waals surface area contributed by atoms with E-state index in [1.807, 2.05) is 6.92 Å². The summed E-state index contributed by atoms with van der Waals surface area (Å²) in [7, 11) is -1.89. The highest BCUT2D eigenvalue weighted by atomic mass is 32.2. The molecule has 1 aromatic rings. The maximum atomic E-state index is 12.6. The molecule has 0 bridgehead atoms. The third-order valence-electron chi connectivity index (χ3n) is 3.72. The van der Waals surface area contributed by atoms with Crippen molar-refractivity contribution in [3.63, 3.8) is 0 Å². The Labute approximate surface area is 119 Å². The van der Waals surface area contributed by atoms with Gasteiger partial charge in [-0.2, -0.15) is 4.31 Å². The van der Waals surface area contributed by atoms with Crippen molar-refractivity contribution in [1.82, 2.24) is 4.31 Å². The van der Waals surface area contributed by atoms with Gasteiger partial charge in [0.25, 0.3) is 0 Å². The number of aldehydes is 1. The number of sulfonamides is 1. The van der Waals surface area contributed by atoms with Crippen molar-refractivity contribution in [3.05, 3.63) is 29.8 Å². The molecule has 6 heteroatoms. The average molecular weight is 297 g/mol. The minimum atomic E-state index is -3.54. The lowest BCUT2D eigenvalue weighted by Gasteiger charge is -2.35. The van der Waals surface area contributed by atoms with E-state index in [2.05, 4.69) is 0 Å². The van der Waals surface area contributed by atoms with E-state index in [1.54, 1.807) is 19.2 Å². The van der Waals surface area contributed by atoms with Gasteiger partial charge in [-0.1, -0.05) is 19.1 Å². The van der Waals surface area contributed by atoms with E-state index in [-0.39, 0.29) is 16.9 Å². The number of carbonyl (C=O) groups excluding carboxylic acids is 1. The molecule has 110 valence electrons. The average Bonchev–Trinajstić information content (AvgIpc) is 2.47. The summed E-state index contributed by atoms with van der Waals surface area (Å²) in [6.07, 6.45) is 1.44. The Morgan fingerprint density at radius 2 is 2.15 bits per heavy atom. The zero-order valence-corrected chi connectivity index (χ0v) is 12.5. The molecule has 1 saturated heterocycles. The predicted octanol–water partition coefficient (Wildman–Crippen LogP) is 1.54. The van der Waals surface area contributed by atoms with Crippen LogP contribution in [-0.4, -0.2) is 45.3 Å². The first kappa shape index (κ1) is 15.2. The highest BCUT2D eigenvalue weighted by Crippen LogP contribution is 2.25. The van der Waals surface area contributed by atoms with Crippen molar-refractivity contribution in [3.8, 4) is 0 Å². The monoisotopic (exact) mass is 297 g/mol. The van der Waals surface area contributed by atoms with Crippen LogP contribution in [0.4, 0.5) is 0 Å². The molecule has 0 radical (unpaired) electrons. The molecule has 0 aliphatic carbocycles. The molecule has 20 heavy (non-hydrogen) atoms. The lowest BCUT2D eigenvalue weighted by Crippen LogP contribution is -2.45. The van der Waals surface area contributed by atoms with Crippen LogP contribution in [0.3, 0.4) is 0 Å². The first-order valence-corrected chi connectivity index (χ1v) is 8.01. The Morgan fingerprint density at radius 1 is 1.40 bits per heavy atom. The summed E-state index contributed by atoms with van der Waals surface area (Å²) < 4.78 is 31.9. The van der Waals surface area contributed by atoms with Crippen molar-refractivity contribution in [1.29, 1.82) is 0 Å². The maximum Gasteiger partial charge on any atom is 0.243 e. The van der Waals surface area contributed by atoms with E-state index in [4.69, 9.17) is 4.74 Å². The van der Waals surface area contributed by atoms with Crippen molar-refractivity contribution < 1.29 is 17.9 Å². The smallest absolute Gasteiger partial charge is 0.243 e. The standard InChI is InChI=1S/C14H19NO4S/c1-11-9-15(7-6-14(11)19-2)20(17,18)13-5-3-4-12(8-13)10-16/h3-5,8,10-11,14H,6-7,9H2,1-2H3. The van der Waals surface area contributed by atoms with Gasteiger partial charge in [0, 0.05) is 25.8 Å². The first-order valence-electron chi connectivity index (χ1n) is 6.57. The molecule has 1 fully saturated rings. The second kappa shape index (κ2) is 6.03. The maximum absolute atomic E-state index is 12.6. The molecule has 1 heterocycles. The van der Waals surface area contributed by atoms with Gasteiger partial charge in [0.05, 0.1) is 11.0 Å². The van der Waals surface area contributed by atoms with E-state index >= 15 is 0 Å². The number of hydrogen-bond donors (Lipinski definition) is 0.